The van der Waals surface area contributed by atoms with E-state index in [0.717, 1.165) is 0 Å². The van der Waals surface area contributed by atoms with Gasteiger partial charge in [0, 0.05) is 16.3 Å². The van der Waals surface area contributed by atoms with Crippen LogP contribution in [0.15, 0.2) is 40.9 Å². The number of benzene rings is 2. The number of anilines is 1. The molecule has 18 heavy (non-hydrogen) atoms. The molecule has 0 heterocycles. The van der Waals surface area contributed by atoms with Gasteiger partial charge >= 0.3 is 0 Å². The molecular formula is C13H10BrClFNO. The fourth-order valence-corrected chi connectivity index (χ4v) is 2.27. The monoisotopic (exact) mass is 329 g/mol. The van der Waals surface area contributed by atoms with Gasteiger partial charge in [0.1, 0.15) is 18.2 Å². The van der Waals surface area contributed by atoms with Crippen molar-refractivity contribution < 1.29 is 9.13 Å². The van der Waals surface area contributed by atoms with Crippen molar-refractivity contribution in [2.75, 3.05) is 5.73 Å². The van der Waals surface area contributed by atoms with Crippen LogP contribution in [0, 0.1) is 5.82 Å². The molecule has 0 unspecified atom stereocenters. The lowest BCUT2D eigenvalue weighted by atomic mass is 10.2. The second-order valence-corrected chi connectivity index (χ2v) is 4.96. The molecule has 0 aromatic heterocycles. The predicted molar refractivity (Wildman–Crippen MR) is 74.3 cm³/mol. The lowest BCUT2D eigenvalue weighted by Gasteiger charge is -2.10. The van der Waals surface area contributed by atoms with E-state index in [-0.39, 0.29) is 12.4 Å². The minimum absolute atomic E-state index is 0.0682. The Morgan fingerprint density at radius 3 is 2.72 bits per heavy atom. The van der Waals surface area contributed by atoms with Gasteiger partial charge in [-0.25, -0.2) is 4.39 Å². The highest BCUT2D eigenvalue weighted by Gasteiger charge is 2.08. The maximum absolute atomic E-state index is 13.5. The summed E-state index contributed by atoms with van der Waals surface area (Å²) < 4.78 is 19.8. The van der Waals surface area contributed by atoms with Crippen LogP contribution in [-0.2, 0) is 6.61 Å². The molecule has 0 bridgehead atoms. The molecule has 2 rings (SSSR count). The molecule has 0 saturated carbocycles. The summed E-state index contributed by atoms with van der Waals surface area (Å²) in [4.78, 5) is 0. The molecule has 2 nitrogen and oxygen atoms in total. The van der Waals surface area contributed by atoms with Crippen molar-refractivity contribution in [3.05, 3.63) is 57.3 Å². The highest BCUT2D eigenvalue weighted by atomic mass is 79.9. The van der Waals surface area contributed by atoms with E-state index >= 15 is 0 Å². The molecule has 2 aromatic rings. The summed E-state index contributed by atoms with van der Waals surface area (Å²) >= 11 is 9.14. The van der Waals surface area contributed by atoms with Gasteiger partial charge < -0.3 is 10.5 Å². The van der Waals surface area contributed by atoms with E-state index in [2.05, 4.69) is 15.9 Å². The number of halogens is 3. The molecular weight excluding hydrogens is 321 g/mol. The summed E-state index contributed by atoms with van der Waals surface area (Å²) in [6.07, 6.45) is 0. The highest BCUT2D eigenvalue weighted by molar-refractivity contribution is 9.10. The Labute approximate surface area is 118 Å². The van der Waals surface area contributed by atoms with E-state index in [9.17, 15) is 4.39 Å². The Balaban J connectivity index is 2.16. The molecule has 2 aromatic carbocycles. The molecule has 2 N–H and O–H groups in total. The van der Waals surface area contributed by atoms with Crippen molar-refractivity contribution >= 4 is 33.2 Å². The highest BCUT2D eigenvalue weighted by Crippen LogP contribution is 2.29. The summed E-state index contributed by atoms with van der Waals surface area (Å²) in [6.45, 7) is 0.0682. The zero-order valence-corrected chi connectivity index (χ0v) is 11.6. The van der Waals surface area contributed by atoms with Crippen molar-refractivity contribution in [1.82, 2.24) is 0 Å². The summed E-state index contributed by atoms with van der Waals surface area (Å²) in [5.41, 5.74) is 6.42. The average molecular weight is 331 g/mol. The third kappa shape index (κ3) is 2.94. The maximum Gasteiger partial charge on any atom is 0.134 e. The normalized spacial score (nSPS) is 10.4. The van der Waals surface area contributed by atoms with Gasteiger partial charge in [-0.3, -0.25) is 0 Å². The lowest BCUT2D eigenvalue weighted by Crippen LogP contribution is -2.03. The standard InChI is InChI=1S/C13H10BrClFNO/c14-10-6-8(15)4-5-13(10)18-7-9-11(16)2-1-3-12(9)17/h1-6H,7,17H2. The van der Waals surface area contributed by atoms with E-state index in [1.807, 2.05) is 0 Å². The first-order valence-corrected chi connectivity index (χ1v) is 6.35. The third-order valence-corrected chi connectivity index (χ3v) is 3.28. The van der Waals surface area contributed by atoms with Crippen LogP contribution in [0.1, 0.15) is 5.56 Å². The first kappa shape index (κ1) is 13.2. The lowest BCUT2D eigenvalue weighted by molar-refractivity contribution is 0.299. The number of ether oxygens (including phenoxy) is 1. The molecule has 0 radical (unpaired) electrons. The fourth-order valence-electron chi connectivity index (χ4n) is 1.47. The topological polar surface area (TPSA) is 35.2 Å². The van der Waals surface area contributed by atoms with Crippen molar-refractivity contribution in [2.24, 2.45) is 0 Å². The molecule has 5 heteroatoms. The smallest absolute Gasteiger partial charge is 0.134 e. The Kier molecular flexibility index (Phi) is 4.09. The van der Waals surface area contributed by atoms with Crippen molar-refractivity contribution in [3.8, 4) is 5.75 Å². The average Bonchev–Trinajstić information content (AvgIpc) is 2.31. The van der Waals surface area contributed by atoms with Crippen LogP contribution < -0.4 is 10.5 Å². The molecule has 0 aliphatic rings. The summed E-state index contributed by atoms with van der Waals surface area (Å²) in [6, 6.07) is 9.68. The number of nitrogens with two attached hydrogens (primary N) is 1. The predicted octanol–water partition coefficient (Wildman–Crippen LogP) is 4.40. The fraction of sp³-hybridized carbons (Fsp3) is 0.0769. The van der Waals surface area contributed by atoms with E-state index in [1.165, 1.54) is 6.07 Å². The molecule has 0 spiro atoms. The second kappa shape index (κ2) is 5.59. The Morgan fingerprint density at radius 1 is 1.28 bits per heavy atom. The number of hydrogen-bond donors (Lipinski definition) is 1. The summed E-state index contributed by atoms with van der Waals surface area (Å²) in [5, 5.41) is 0.597. The second-order valence-electron chi connectivity index (χ2n) is 3.67. The van der Waals surface area contributed by atoms with Gasteiger partial charge in [0.05, 0.1) is 4.47 Å². The largest absolute Gasteiger partial charge is 0.488 e. The van der Waals surface area contributed by atoms with Crippen LogP contribution in [0.2, 0.25) is 5.02 Å². The Morgan fingerprint density at radius 2 is 2.06 bits per heavy atom. The molecule has 0 atom stereocenters. The quantitative estimate of drug-likeness (QED) is 0.846. The molecule has 0 fully saturated rings. The van der Waals surface area contributed by atoms with Gasteiger partial charge in [0.15, 0.2) is 0 Å². The molecule has 0 saturated heterocycles. The van der Waals surface area contributed by atoms with Crippen LogP contribution in [0.25, 0.3) is 0 Å². The van der Waals surface area contributed by atoms with Gasteiger partial charge in [-0.15, -0.1) is 0 Å². The van der Waals surface area contributed by atoms with E-state index < -0.39 is 0 Å². The number of hydrogen-bond acceptors (Lipinski definition) is 2. The van der Waals surface area contributed by atoms with Gasteiger partial charge in [-0.2, -0.15) is 0 Å². The van der Waals surface area contributed by atoms with Crippen molar-refractivity contribution in [2.45, 2.75) is 6.61 Å². The van der Waals surface area contributed by atoms with Crippen LogP contribution in [-0.4, -0.2) is 0 Å². The third-order valence-electron chi connectivity index (χ3n) is 2.42. The van der Waals surface area contributed by atoms with Crippen LogP contribution in [0.3, 0.4) is 0 Å². The van der Waals surface area contributed by atoms with Crippen molar-refractivity contribution in [3.63, 3.8) is 0 Å². The van der Waals surface area contributed by atoms with Crippen LogP contribution in [0.5, 0.6) is 5.75 Å². The van der Waals surface area contributed by atoms with E-state index in [4.69, 9.17) is 22.1 Å². The SMILES string of the molecule is Nc1cccc(F)c1COc1ccc(Cl)cc1Br. The van der Waals surface area contributed by atoms with E-state index in [0.29, 0.717) is 26.5 Å². The van der Waals surface area contributed by atoms with Gasteiger partial charge in [0.25, 0.3) is 0 Å². The molecule has 0 aliphatic heterocycles. The number of rotatable bonds is 3. The summed E-state index contributed by atoms with van der Waals surface area (Å²) in [5.74, 6) is 0.210. The Bertz CT molecular complexity index is 557. The number of nitrogen functional groups attached to an aromatic ring is 1. The van der Waals surface area contributed by atoms with Gasteiger partial charge in [0.2, 0.25) is 0 Å². The van der Waals surface area contributed by atoms with Crippen molar-refractivity contribution in [1.29, 1.82) is 0 Å². The van der Waals surface area contributed by atoms with Crippen LogP contribution >= 0.6 is 27.5 Å². The Hall–Kier alpha value is -1.26. The van der Waals surface area contributed by atoms with Crippen LogP contribution in [0.4, 0.5) is 10.1 Å². The zero-order valence-electron chi connectivity index (χ0n) is 9.29. The first-order chi connectivity index (χ1) is 8.58. The first-order valence-electron chi connectivity index (χ1n) is 5.18. The minimum Gasteiger partial charge on any atom is -0.488 e. The zero-order chi connectivity index (χ0) is 13.1. The summed E-state index contributed by atoms with van der Waals surface area (Å²) in [7, 11) is 0. The molecule has 0 amide bonds. The van der Waals surface area contributed by atoms with E-state index in [1.54, 1.807) is 30.3 Å². The minimum atomic E-state index is -0.375. The van der Waals surface area contributed by atoms with Gasteiger partial charge in [-0.05, 0) is 46.3 Å². The molecule has 0 aliphatic carbocycles. The molecule has 94 valence electrons. The van der Waals surface area contributed by atoms with Gasteiger partial charge in [-0.1, -0.05) is 17.7 Å². The maximum atomic E-state index is 13.5.